The Labute approximate surface area is 200 Å². The van der Waals surface area contributed by atoms with E-state index >= 15 is 0 Å². The number of ketones is 1. The van der Waals surface area contributed by atoms with Gasteiger partial charge in [-0.15, -0.1) is 0 Å². The van der Waals surface area contributed by atoms with Crippen LogP contribution in [0.25, 0.3) is 0 Å². The molecule has 0 atom stereocenters. The summed E-state index contributed by atoms with van der Waals surface area (Å²) in [7, 11) is 0. The van der Waals surface area contributed by atoms with Crippen LogP contribution in [0.3, 0.4) is 0 Å². The maximum atomic E-state index is 12.9. The molecular weight excluding hydrogens is 436 g/mol. The molecule has 0 aliphatic rings. The second kappa shape index (κ2) is 11.3. The highest BCUT2D eigenvalue weighted by atomic mass is 32.2. The van der Waals surface area contributed by atoms with Crippen LogP contribution >= 0.6 is 24.0 Å². The monoisotopic (exact) mass is 466 g/mol. The van der Waals surface area contributed by atoms with Crippen molar-refractivity contribution in [1.82, 2.24) is 5.32 Å². The van der Waals surface area contributed by atoms with Crippen molar-refractivity contribution in [2.24, 2.45) is 0 Å². The SMILES string of the molecule is CC(C)(C)c1ccc(C(=O)c2cccc(NC(=S)NCCCSCc3ccco3)c2)cc1. The molecule has 0 saturated heterocycles. The fraction of sp³-hybridized carbons (Fsp3) is 0.308. The van der Waals surface area contributed by atoms with E-state index in [-0.39, 0.29) is 11.2 Å². The summed E-state index contributed by atoms with van der Waals surface area (Å²) in [6.45, 7) is 7.27. The quantitative estimate of drug-likeness (QED) is 0.216. The van der Waals surface area contributed by atoms with Crippen LogP contribution in [0.1, 0.15) is 54.4 Å². The van der Waals surface area contributed by atoms with Crippen molar-refractivity contribution in [3.8, 4) is 0 Å². The molecule has 6 heteroatoms. The van der Waals surface area contributed by atoms with Gasteiger partial charge in [0, 0.05) is 23.4 Å². The number of benzene rings is 2. The van der Waals surface area contributed by atoms with Gasteiger partial charge in [0.15, 0.2) is 10.9 Å². The van der Waals surface area contributed by atoms with Crippen molar-refractivity contribution in [3.63, 3.8) is 0 Å². The molecule has 0 aliphatic heterocycles. The number of thiocarbonyl (C=S) groups is 1. The summed E-state index contributed by atoms with van der Waals surface area (Å²) in [5.41, 5.74) is 3.39. The van der Waals surface area contributed by atoms with Crippen molar-refractivity contribution in [2.45, 2.75) is 38.4 Å². The fourth-order valence-electron chi connectivity index (χ4n) is 3.15. The minimum absolute atomic E-state index is 0.00145. The Morgan fingerprint density at radius 1 is 1.03 bits per heavy atom. The smallest absolute Gasteiger partial charge is 0.193 e. The Hall–Kier alpha value is -2.57. The number of hydrogen-bond acceptors (Lipinski definition) is 4. The standard InChI is InChI=1S/C26H30N2O2S2/c1-26(2,3)21-12-10-19(11-13-21)24(29)20-7-4-8-22(17-20)28-25(31)27-14-6-16-32-18-23-9-5-15-30-23/h4-5,7-13,15,17H,6,14,16,18H2,1-3H3,(H2,27,28,31). The third-order valence-corrected chi connectivity index (χ3v) is 6.28. The lowest BCUT2D eigenvalue weighted by atomic mass is 9.86. The summed E-state index contributed by atoms with van der Waals surface area (Å²) in [5.74, 6) is 2.91. The van der Waals surface area contributed by atoms with Crippen LogP contribution in [0.15, 0.2) is 71.3 Å². The molecule has 0 spiro atoms. The molecule has 2 aromatic carbocycles. The molecule has 0 bridgehead atoms. The third kappa shape index (κ3) is 7.24. The molecule has 0 amide bonds. The highest BCUT2D eigenvalue weighted by molar-refractivity contribution is 7.98. The first kappa shape index (κ1) is 24.1. The van der Waals surface area contributed by atoms with Crippen LogP contribution in [-0.4, -0.2) is 23.2 Å². The Kier molecular flexibility index (Phi) is 8.53. The van der Waals surface area contributed by atoms with Gasteiger partial charge >= 0.3 is 0 Å². The minimum atomic E-state index is 0.00145. The zero-order valence-electron chi connectivity index (χ0n) is 18.8. The van der Waals surface area contributed by atoms with Gasteiger partial charge in [-0.25, -0.2) is 0 Å². The van der Waals surface area contributed by atoms with Gasteiger partial charge in [0.05, 0.1) is 12.0 Å². The summed E-state index contributed by atoms with van der Waals surface area (Å²) < 4.78 is 5.33. The molecule has 0 aliphatic carbocycles. The molecular formula is C26H30N2O2S2. The van der Waals surface area contributed by atoms with Gasteiger partial charge in [-0.05, 0) is 59.6 Å². The number of furan rings is 1. The van der Waals surface area contributed by atoms with Crippen LogP contribution in [0.2, 0.25) is 0 Å². The van der Waals surface area contributed by atoms with Crippen LogP contribution in [-0.2, 0) is 11.2 Å². The van der Waals surface area contributed by atoms with Crippen molar-refractivity contribution in [2.75, 3.05) is 17.6 Å². The average molecular weight is 467 g/mol. The van der Waals surface area contributed by atoms with Crippen molar-refractivity contribution in [1.29, 1.82) is 0 Å². The first-order chi connectivity index (χ1) is 15.3. The van der Waals surface area contributed by atoms with Gasteiger partial charge in [-0.2, -0.15) is 11.8 Å². The lowest BCUT2D eigenvalue weighted by Crippen LogP contribution is -2.29. The zero-order chi connectivity index (χ0) is 23.0. The van der Waals surface area contributed by atoms with E-state index in [2.05, 4.69) is 31.4 Å². The Morgan fingerprint density at radius 3 is 2.50 bits per heavy atom. The number of carbonyl (C=O) groups is 1. The minimum Gasteiger partial charge on any atom is -0.468 e. The van der Waals surface area contributed by atoms with E-state index in [0.717, 1.165) is 35.9 Å². The number of rotatable bonds is 9. The Balaban J connectivity index is 1.46. The predicted molar refractivity (Wildman–Crippen MR) is 139 cm³/mol. The summed E-state index contributed by atoms with van der Waals surface area (Å²) in [6.07, 6.45) is 2.70. The highest BCUT2D eigenvalue weighted by Gasteiger charge is 2.15. The van der Waals surface area contributed by atoms with Crippen LogP contribution in [0.5, 0.6) is 0 Å². The number of nitrogens with one attached hydrogen (secondary N) is 2. The zero-order valence-corrected chi connectivity index (χ0v) is 20.4. The molecule has 32 heavy (non-hydrogen) atoms. The molecule has 4 nitrogen and oxygen atoms in total. The molecule has 3 rings (SSSR count). The van der Waals surface area contributed by atoms with E-state index in [1.54, 1.807) is 6.26 Å². The van der Waals surface area contributed by atoms with Crippen molar-refractivity contribution in [3.05, 3.63) is 89.4 Å². The molecule has 1 aromatic heterocycles. The predicted octanol–water partition coefficient (Wildman–Crippen LogP) is 6.42. The molecule has 2 N–H and O–H groups in total. The van der Waals surface area contributed by atoms with Crippen LogP contribution in [0, 0.1) is 0 Å². The molecule has 0 unspecified atom stereocenters. The van der Waals surface area contributed by atoms with E-state index in [0.29, 0.717) is 16.2 Å². The maximum absolute atomic E-state index is 12.9. The first-order valence-electron chi connectivity index (χ1n) is 10.7. The van der Waals surface area contributed by atoms with E-state index < -0.39 is 0 Å². The number of anilines is 1. The van der Waals surface area contributed by atoms with Crippen molar-refractivity contribution >= 4 is 40.6 Å². The van der Waals surface area contributed by atoms with Gasteiger partial charge < -0.3 is 15.1 Å². The molecule has 0 saturated carbocycles. The van der Waals surface area contributed by atoms with E-state index in [1.807, 2.05) is 72.4 Å². The molecule has 168 valence electrons. The van der Waals surface area contributed by atoms with Gasteiger partial charge in [-0.1, -0.05) is 57.2 Å². The normalized spacial score (nSPS) is 11.2. The van der Waals surface area contributed by atoms with Gasteiger partial charge in [-0.3, -0.25) is 4.79 Å². The molecule has 3 aromatic rings. The molecule has 0 radical (unpaired) electrons. The average Bonchev–Trinajstić information content (AvgIpc) is 3.29. The molecule has 0 fully saturated rings. The summed E-state index contributed by atoms with van der Waals surface area (Å²) in [6, 6.07) is 19.2. The fourth-order valence-corrected chi connectivity index (χ4v) is 4.22. The lowest BCUT2D eigenvalue weighted by Gasteiger charge is -2.19. The lowest BCUT2D eigenvalue weighted by molar-refractivity contribution is 0.103. The maximum Gasteiger partial charge on any atom is 0.193 e. The van der Waals surface area contributed by atoms with Crippen molar-refractivity contribution < 1.29 is 9.21 Å². The van der Waals surface area contributed by atoms with Crippen LogP contribution in [0.4, 0.5) is 5.69 Å². The third-order valence-electron chi connectivity index (χ3n) is 4.97. The summed E-state index contributed by atoms with van der Waals surface area (Å²) in [4.78, 5) is 12.9. The highest BCUT2D eigenvalue weighted by Crippen LogP contribution is 2.23. The number of hydrogen-bond donors (Lipinski definition) is 2. The van der Waals surface area contributed by atoms with E-state index in [1.165, 1.54) is 5.56 Å². The number of carbonyl (C=O) groups excluding carboxylic acids is 1. The van der Waals surface area contributed by atoms with Gasteiger partial charge in [0.2, 0.25) is 0 Å². The van der Waals surface area contributed by atoms with E-state index in [4.69, 9.17) is 16.6 Å². The second-order valence-corrected chi connectivity index (χ2v) is 10.1. The summed E-state index contributed by atoms with van der Waals surface area (Å²) in [5, 5.41) is 6.96. The second-order valence-electron chi connectivity index (χ2n) is 8.60. The van der Waals surface area contributed by atoms with Crippen LogP contribution < -0.4 is 10.6 Å². The van der Waals surface area contributed by atoms with Gasteiger partial charge in [0.25, 0.3) is 0 Å². The first-order valence-corrected chi connectivity index (χ1v) is 12.3. The molecule has 1 heterocycles. The largest absolute Gasteiger partial charge is 0.468 e. The summed E-state index contributed by atoms with van der Waals surface area (Å²) >= 11 is 7.24. The van der Waals surface area contributed by atoms with E-state index in [9.17, 15) is 4.79 Å². The Morgan fingerprint density at radius 2 is 1.81 bits per heavy atom. The Bertz CT molecular complexity index is 1020. The van der Waals surface area contributed by atoms with Gasteiger partial charge in [0.1, 0.15) is 5.76 Å². The topological polar surface area (TPSA) is 54.3 Å². The number of thioether (sulfide) groups is 1.